The highest BCUT2D eigenvalue weighted by molar-refractivity contribution is 9.10. The summed E-state index contributed by atoms with van der Waals surface area (Å²) in [6, 6.07) is 12.8. The lowest BCUT2D eigenvalue weighted by molar-refractivity contribution is 0.0699. The number of benzene rings is 2. The van der Waals surface area contributed by atoms with Crippen LogP contribution in [0.25, 0.3) is 22.1 Å². The summed E-state index contributed by atoms with van der Waals surface area (Å²) >= 11 is 4.68. The predicted octanol–water partition coefficient (Wildman–Crippen LogP) is 6.49. The van der Waals surface area contributed by atoms with Crippen LogP contribution in [0, 0.1) is 13.8 Å². The molecule has 29 heavy (non-hydrogen) atoms. The Hall–Kier alpha value is -2.90. The molecule has 7 heteroatoms. The number of carboxylic acid groups (broad SMARTS) is 1. The van der Waals surface area contributed by atoms with Crippen LogP contribution >= 0.6 is 27.3 Å². The summed E-state index contributed by atoms with van der Waals surface area (Å²) in [6.07, 6.45) is 0. The number of furan rings is 1. The molecular formula is C22H16BrNO4S. The summed E-state index contributed by atoms with van der Waals surface area (Å²) in [6.45, 7) is 3.87. The van der Waals surface area contributed by atoms with Crippen molar-refractivity contribution in [3.8, 4) is 11.1 Å². The number of halogens is 1. The van der Waals surface area contributed by atoms with Crippen LogP contribution in [0.2, 0.25) is 0 Å². The van der Waals surface area contributed by atoms with Gasteiger partial charge in [-0.3, -0.25) is 4.79 Å². The molecule has 4 rings (SSSR count). The van der Waals surface area contributed by atoms with E-state index in [4.69, 9.17) is 4.42 Å². The van der Waals surface area contributed by atoms with E-state index >= 15 is 0 Å². The minimum atomic E-state index is -1.10. The number of hydrogen-bond donors (Lipinski definition) is 2. The highest BCUT2D eigenvalue weighted by Gasteiger charge is 2.23. The Kier molecular flexibility index (Phi) is 5.02. The smallest absolute Gasteiger partial charge is 0.339 e. The second-order valence-corrected chi connectivity index (χ2v) is 8.41. The van der Waals surface area contributed by atoms with Gasteiger partial charge in [0.25, 0.3) is 5.91 Å². The lowest BCUT2D eigenvalue weighted by Crippen LogP contribution is -2.12. The fourth-order valence-corrected chi connectivity index (χ4v) is 4.60. The Bertz CT molecular complexity index is 1240. The first-order chi connectivity index (χ1) is 13.8. The third kappa shape index (κ3) is 3.59. The molecule has 0 fully saturated rings. The molecule has 2 aromatic heterocycles. The van der Waals surface area contributed by atoms with Gasteiger partial charge in [-0.15, -0.1) is 11.3 Å². The van der Waals surface area contributed by atoms with Gasteiger partial charge in [0.05, 0.1) is 0 Å². The van der Waals surface area contributed by atoms with E-state index in [9.17, 15) is 14.7 Å². The van der Waals surface area contributed by atoms with E-state index in [-0.39, 0.29) is 16.3 Å². The van der Waals surface area contributed by atoms with Crippen LogP contribution in [-0.4, -0.2) is 17.0 Å². The zero-order valence-corrected chi connectivity index (χ0v) is 18.0. The first-order valence-corrected chi connectivity index (χ1v) is 10.4. The van der Waals surface area contributed by atoms with Crippen LogP contribution < -0.4 is 5.32 Å². The molecule has 0 saturated heterocycles. The topological polar surface area (TPSA) is 79.5 Å². The van der Waals surface area contributed by atoms with Crippen LogP contribution in [0.3, 0.4) is 0 Å². The van der Waals surface area contributed by atoms with Gasteiger partial charge in [-0.2, -0.15) is 0 Å². The van der Waals surface area contributed by atoms with Gasteiger partial charge in [0.15, 0.2) is 5.76 Å². The van der Waals surface area contributed by atoms with E-state index in [0.717, 1.165) is 26.5 Å². The number of aromatic carboxylic acids is 1. The Labute approximate surface area is 179 Å². The van der Waals surface area contributed by atoms with E-state index in [2.05, 4.69) is 21.2 Å². The summed E-state index contributed by atoms with van der Waals surface area (Å²) in [5.41, 5.74) is 4.02. The van der Waals surface area contributed by atoms with Crippen molar-refractivity contribution in [1.29, 1.82) is 0 Å². The predicted molar refractivity (Wildman–Crippen MR) is 118 cm³/mol. The summed E-state index contributed by atoms with van der Waals surface area (Å²) in [7, 11) is 0. The van der Waals surface area contributed by atoms with Crippen LogP contribution in [0.4, 0.5) is 5.00 Å². The third-order valence-corrected chi connectivity index (χ3v) is 6.43. The molecule has 2 N–H and O–H groups in total. The van der Waals surface area contributed by atoms with E-state index in [1.54, 1.807) is 17.5 Å². The van der Waals surface area contributed by atoms with Gasteiger partial charge in [-0.1, -0.05) is 34.1 Å². The van der Waals surface area contributed by atoms with Crippen molar-refractivity contribution < 1.29 is 19.1 Å². The molecule has 0 bridgehead atoms. The van der Waals surface area contributed by atoms with E-state index < -0.39 is 11.9 Å². The van der Waals surface area contributed by atoms with Gasteiger partial charge < -0.3 is 14.8 Å². The number of carbonyl (C=O) groups excluding carboxylic acids is 1. The number of hydrogen-bond acceptors (Lipinski definition) is 4. The maximum atomic E-state index is 12.7. The Balaban J connectivity index is 1.73. The van der Waals surface area contributed by atoms with Gasteiger partial charge in [-0.05, 0) is 54.8 Å². The van der Waals surface area contributed by atoms with Crippen LogP contribution in [-0.2, 0) is 0 Å². The largest absolute Gasteiger partial charge is 0.478 e. The van der Waals surface area contributed by atoms with Crippen molar-refractivity contribution in [3.05, 3.63) is 74.8 Å². The molecule has 0 unspecified atom stereocenters. The molecule has 0 atom stereocenters. The second-order valence-electron chi connectivity index (χ2n) is 6.68. The normalized spacial score (nSPS) is 11.0. The van der Waals surface area contributed by atoms with Crippen molar-refractivity contribution >= 4 is 55.1 Å². The standard InChI is InChI=1S/C22H16BrNO4S/c1-11-8-16(23)12(2)7-14(11)15-10-29-21(19(15)22(26)27)24-20(25)18-9-13-5-3-4-6-17(13)28-18/h3-10H,1-2H3,(H,24,25)(H,26,27). The average Bonchev–Trinajstić information content (AvgIpc) is 3.28. The fraction of sp³-hybridized carbons (Fsp3) is 0.0909. The minimum absolute atomic E-state index is 0.0734. The molecule has 2 aromatic carbocycles. The van der Waals surface area contributed by atoms with Gasteiger partial charge in [0.2, 0.25) is 0 Å². The molecule has 0 aliphatic heterocycles. The number of para-hydroxylation sites is 1. The second kappa shape index (κ2) is 7.50. The number of rotatable bonds is 4. The van der Waals surface area contributed by atoms with Gasteiger partial charge in [0.1, 0.15) is 16.1 Å². The van der Waals surface area contributed by atoms with E-state index in [1.807, 2.05) is 44.2 Å². The number of fused-ring (bicyclic) bond motifs is 1. The number of aryl methyl sites for hydroxylation is 2. The molecule has 1 amide bonds. The summed E-state index contributed by atoms with van der Waals surface area (Å²) < 4.78 is 6.54. The lowest BCUT2D eigenvalue weighted by Gasteiger charge is -2.10. The third-order valence-electron chi connectivity index (χ3n) is 4.68. The molecule has 0 spiro atoms. The monoisotopic (exact) mass is 469 g/mol. The number of carbonyl (C=O) groups is 2. The quantitative estimate of drug-likeness (QED) is 0.357. The Morgan fingerprint density at radius 3 is 2.55 bits per heavy atom. The molecule has 146 valence electrons. The molecule has 0 radical (unpaired) electrons. The van der Waals surface area contributed by atoms with Crippen LogP contribution in [0.5, 0.6) is 0 Å². The molecule has 0 aliphatic rings. The molecule has 2 heterocycles. The first kappa shape index (κ1) is 19.4. The summed E-state index contributed by atoms with van der Waals surface area (Å²) in [4.78, 5) is 24.7. The SMILES string of the molecule is Cc1cc(-c2csc(NC(=O)c3cc4ccccc4o3)c2C(=O)O)c(C)cc1Br. The number of thiophene rings is 1. The summed E-state index contributed by atoms with van der Waals surface area (Å²) in [5, 5.41) is 15.4. The Morgan fingerprint density at radius 1 is 1.07 bits per heavy atom. The molecular weight excluding hydrogens is 454 g/mol. The zero-order chi connectivity index (χ0) is 20.7. The van der Waals surface area contributed by atoms with Crippen molar-refractivity contribution in [1.82, 2.24) is 0 Å². The highest BCUT2D eigenvalue weighted by Crippen LogP contribution is 2.39. The zero-order valence-electron chi connectivity index (χ0n) is 15.6. The van der Waals surface area contributed by atoms with Crippen molar-refractivity contribution in [2.45, 2.75) is 13.8 Å². The molecule has 0 saturated carbocycles. The van der Waals surface area contributed by atoms with Crippen LogP contribution in [0.1, 0.15) is 32.0 Å². The number of nitrogens with one attached hydrogen (secondary N) is 1. The van der Waals surface area contributed by atoms with Gasteiger partial charge in [-0.25, -0.2) is 4.79 Å². The average molecular weight is 470 g/mol. The molecule has 4 aromatic rings. The van der Waals surface area contributed by atoms with Crippen molar-refractivity contribution in [3.63, 3.8) is 0 Å². The van der Waals surface area contributed by atoms with Crippen LogP contribution in [0.15, 0.2) is 56.7 Å². The first-order valence-electron chi connectivity index (χ1n) is 8.77. The number of amides is 1. The van der Waals surface area contributed by atoms with Crippen molar-refractivity contribution in [2.75, 3.05) is 5.32 Å². The number of carboxylic acids is 1. The Morgan fingerprint density at radius 2 is 1.83 bits per heavy atom. The maximum Gasteiger partial charge on any atom is 0.339 e. The minimum Gasteiger partial charge on any atom is -0.478 e. The van der Waals surface area contributed by atoms with E-state index in [0.29, 0.717) is 11.1 Å². The van der Waals surface area contributed by atoms with Gasteiger partial charge in [0, 0.05) is 20.8 Å². The number of anilines is 1. The van der Waals surface area contributed by atoms with E-state index in [1.165, 1.54) is 11.3 Å². The van der Waals surface area contributed by atoms with Crippen molar-refractivity contribution in [2.24, 2.45) is 0 Å². The highest BCUT2D eigenvalue weighted by atomic mass is 79.9. The molecule has 0 aliphatic carbocycles. The fourth-order valence-electron chi connectivity index (χ4n) is 3.19. The summed E-state index contributed by atoms with van der Waals surface area (Å²) in [5.74, 6) is -1.45. The molecule has 5 nitrogen and oxygen atoms in total. The van der Waals surface area contributed by atoms with Gasteiger partial charge >= 0.3 is 5.97 Å². The lowest BCUT2D eigenvalue weighted by atomic mass is 9.97. The maximum absolute atomic E-state index is 12.7.